The summed E-state index contributed by atoms with van der Waals surface area (Å²) in [5, 5.41) is 3.01. The Morgan fingerprint density at radius 1 is 1.27 bits per heavy atom. The van der Waals surface area contributed by atoms with E-state index in [4.69, 9.17) is 10.5 Å². The van der Waals surface area contributed by atoms with Crippen molar-refractivity contribution in [1.29, 1.82) is 0 Å². The Bertz CT molecular complexity index is 1090. The fourth-order valence-corrected chi connectivity index (χ4v) is 4.57. The highest BCUT2D eigenvalue weighted by Crippen LogP contribution is 2.40. The van der Waals surface area contributed by atoms with Gasteiger partial charge in [-0.15, -0.1) is 0 Å². The summed E-state index contributed by atoms with van der Waals surface area (Å²) in [6.07, 6.45) is 3.26. The molecule has 2 amide bonds. The first-order valence-corrected chi connectivity index (χ1v) is 11.1. The fraction of sp³-hybridized carbons (Fsp3) is 0.458. The number of aromatic nitrogens is 1. The summed E-state index contributed by atoms with van der Waals surface area (Å²) in [7, 11) is 0. The van der Waals surface area contributed by atoms with Gasteiger partial charge in [0, 0.05) is 36.8 Å². The summed E-state index contributed by atoms with van der Waals surface area (Å²) >= 11 is 0. The molecule has 2 fully saturated rings. The van der Waals surface area contributed by atoms with E-state index >= 15 is 0 Å². The number of nitrogens with zero attached hydrogens (tertiary/aromatic N) is 2. The van der Waals surface area contributed by atoms with E-state index in [9.17, 15) is 18.4 Å². The van der Waals surface area contributed by atoms with Crippen molar-refractivity contribution in [3.8, 4) is 11.1 Å². The minimum atomic E-state index is -0.884. The highest BCUT2D eigenvalue weighted by atomic mass is 19.1. The molecular formula is C24H28F2N4O3. The van der Waals surface area contributed by atoms with E-state index in [-0.39, 0.29) is 24.2 Å². The molecule has 1 aromatic heterocycles. The number of benzene rings is 1. The van der Waals surface area contributed by atoms with Crippen LogP contribution in [0.5, 0.6) is 0 Å². The van der Waals surface area contributed by atoms with Crippen molar-refractivity contribution < 1.29 is 23.1 Å². The molecule has 2 aromatic rings. The number of hydrogen-bond donors (Lipinski definition) is 2. The van der Waals surface area contributed by atoms with Crippen LogP contribution in [0.25, 0.3) is 11.1 Å². The average molecular weight is 459 g/mol. The lowest BCUT2D eigenvalue weighted by Gasteiger charge is -2.28. The van der Waals surface area contributed by atoms with Crippen LogP contribution in [0.2, 0.25) is 0 Å². The van der Waals surface area contributed by atoms with Crippen LogP contribution in [0.3, 0.4) is 0 Å². The van der Waals surface area contributed by atoms with E-state index in [1.807, 2.05) is 11.8 Å². The molecule has 0 radical (unpaired) electrons. The molecule has 7 nitrogen and oxygen atoms in total. The number of carbonyl (C=O) groups is 2. The number of pyridine rings is 1. The standard InChI is InChI=1S/C24H28F2N4O3/c1-13-11-28-20(22(31)29-14(2)15-4-5-15)21(19(13)16-8-17(25)10-18(26)9-16)30-7-6-24(3,12-30)33-23(27)32/h8-11,14-15H,4-7,12H2,1-3H3,(H2,27,32)(H,29,31)/t14-,24?/m0/s1. The van der Waals surface area contributed by atoms with Crippen LogP contribution in [0.1, 0.15) is 49.2 Å². The number of hydrogen-bond acceptors (Lipinski definition) is 5. The highest BCUT2D eigenvalue weighted by Gasteiger charge is 2.40. The Hall–Kier alpha value is -3.23. The van der Waals surface area contributed by atoms with Crippen molar-refractivity contribution >= 4 is 17.7 Å². The minimum Gasteiger partial charge on any atom is -0.441 e. The summed E-state index contributed by atoms with van der Waals surface area (Å²) < 4.78 is 33.6. The lowest BCUT2D eigenvalue weighted by Crippen LogP contribution is -2.39. The summed E-state index contributed by atoms with van der Waals surface area (Å²) in [6, 6.07) is 3.26. The van der Waals surface area contributed by atoms with Gasteiger partial charge in [0.25, 0.3) is 5.91 Å². The first kappa shape index (κ1) is 22.9. The van der Waals surface area contributed by atoms with Crippen LogP contribution < -0.4 is 16.0 Å². The SMILES string of the molecule is Cc1cnc(C(=O)N[C@@H](C)C2CC2)c(N2CCC(C)(OC(N)=O)C2)c1-c1cc(F)cc(F)c1. The first-order chi connectivity index (χ1) is 15.6. The molecule has 0 bridgehead atoms. The molecule has 1 aromatic carbocycles. The molecule has 0 spiro atoms. The second-order valence-corrected chi connectivity index (χ2v) is 9.31. The van der Waals surface area contributed by atoms with Gasteiger partial charge >= 0.3 is 6.09 Å². The monoisotopic (exact) mass is 458 g/mol. The number of aryl methyl sites for hydroxylation is 1. The van der Waals surface area contributed by atoms with Gasteiger partial charge in [0.15, 0.2) is 5.69 Å². The number of ether oxygens (including phenoxy) is 1. The van der Waals surface area contributed by atoms with Crippen LogP contribution in [-0.4, -0.2) is 41.7 Å². The molecule has 3 N–H and O–H groups in total. The van der Waals surface area contributed by atoms with Gasteiger partial charge in [0.1, 0.15) is 17.2 Å². The number of nitrogens with two attached hydrogens (primary N) is 1. The van der Waals surface area contributed by atoms with E-state index in [0.717, 1.165) is 18.9 Å². The topological polar surface area (TPSA) is 97.6 Å². The second-order valence-electron chi connectivity index (χ2n) is 9.31. The zero-order valence-electron chi connectivity index (χ0n) is 19.0. The molecule has 33 heavy (non-hydrogen) atoms. The third-order valence-corrected chi connectivity index (χ3v) is 6.40. The van der Waals surface area contributed by atoms with E-state index in [0.29, 0.717) is 41.3 Å². The second kappa shape index (κ2) is 8.61. The third-order valence-electron chi connectivity index (χ3n) is 6.40. The summed E-state index contributed by atoms with van der Waals surface area (Å²) in [5.74, 6) is -1.35. The number of anilines is 1. The van der Waals surface area contributed by atoms with Gasteiger partial charge < -0.3 is 20.7 Å². The van der Waals surface area contributed by atoms with Crippen LogP contribution in [-0.2, 0) is 4.74 Å². The lowest BCUT2D eigenvalue weighted by molar-refractivity contribution is 0.0480. The van der Waals surface area contributed by atoms with Gasteiger partial charge in [-0.3, -0.25) is 4.79 Å². The van der Waals surface area contributed by atoms with E-state index in [1.54, 1.807) is 13.8 Å². The van der Waals surface area contributed by atoms with Crippen LogP contribution in [0, 0.1) is 24.5 Å². The molecular weight excluding hydrogens is 430 g/mol. The summed E-state index contributed by atoms with van der Waals surface area (Å²) in [5.41, 5.74) is 6.47. The molecule has 2 atom stereocenters. The molecule has 176 valence electrons. The summed E-state index contributed by atoms with van der Waals surface area (Å²) in [4.78, 5) is 31.0. The van der Waals surface area contributed by atoms with Crippen molar-refractivity contribution in [2.75, 3.05) is 18.0 Å². The maximum atomic E-state index is 14.1. The van der Waals surface area contributed by atoms with Crippen LogP contribution >= 0.6 is 0 Å². The third kappa shape index (κ3) is 4.91. The van der Waals surface area contributed by atoms with Gasteiger partial charge in [0.05, 0.1) is 12.2 Å². The number of rotatable bonds is 6. The van der Waals surface area contributed by atoms with Gasteiger partial charge in [-0.1, -0.05) is 0 Å². The van der Waals surface area contributed by atoms with Crippen molar-refractivity contribution in [2.45, 2.75) is 51.7 Å². The van der Waals surface area contributed by atoms with E-state index < -0.39 is 23.3 Å². The summed E-state index contributed by atoms with van der Waals surface area (Å²) in [6.45, 7) is 6.19. The molecule has 1 saturated heterocycles. The van der Waals surface area contributed by atoms with Gasteiger partial charge in [-0.25, -0.2) is 18.6 Å². The number of carbonyl (C=O) groups excluding carboxylic acids is 2. The number of primary amides is 1. The minimum absolute atomic E-state index is 0.00874. The molecule has 4 rings (SSSR count). The van der Waals surface area contributed by atoms with Crippen molar-refractivity contribution in [2.24, 2.45) is 11.7 Å². The highest BCUT2D eigenvalue weighted by molar-refractivity contribution is 6.02. The Morgan fingerprint density at radius 3 is 2.55 bits per heavy atom. The van der Waals surface area contributed by atoms with Crippen LogP contribution in [0.15, 0.2) is 24.4 Å². The first-order valence-electron chi connectivity index (χ1n) is 11.1. The molecule has 2 heterocycles. The number of nitrogens with one attached hydrogen (secondary N) is 1. The molecule has 1 unspecified atom stereocenters. The predicted octanol–water partition coefficient (Wildman–Crippen LogP) is 3.93. The largest absolute Gasteiger partial charge is 0.441 e. The normalized spacial score (nSPS) is 21.1. The smallest absolute Gasteiger partial charge is 0.405 e. The maximum absolute atomic E-state index is 14.1. The van der Waals surface area contributed by atoms with Gasteiger partial charge in [-0.05, 0) is 62.8 Å². The Morgan fingerprint density at radius 2 is 1.94 bits per heavy atom. The fourth-order valence-electron chi connectivity index (χ4n) is 4.57. The predicted molar refractivity (Wildman–Crippen MR) is 120 cm³/mol. The molecule has 9 heteroatoms. The van der Waals surface area contributed by atoms with E-state index in [2.05, 4.69) is 10.3 Å². The average Bonchev–Trinajstić information content (AvgIpc) is 3.49. The van der Waals surface area contributed by atoms with Crippen molar-refractivity contribution in [1.82, 2.24) is 10.3 Å². The maximum Gasteiger partial charge on any atom is 0.405 e. The van der Waals surface area contributed by atoms with Crippen LogP contribution in [0.4, 0.5) is 19.3 Å². The van der Waals surface area contributed by atoms with E-state index in [1.165, 1.54) is 18.3 Å². The van der Waals surface area contributed by atoms with Gasteiger partial charge in [0.2, 0.25) is 0 Å². The molecule has 1 aliphatic heterocycles. The number of halogens is 2. The van der Waals surface area contributed by atoms with Gasteiger partial charge in [-0.2, -0.15) is 0 Å². The zero-order valence-corrected chi connectivity index (χ0v) is 19.0. The lowest BCUT2D eigenvalue weighted by atomic mass is 9.97. The van der Waals surface area contributed by atoms with Crippen molar-refractivity contribution in [3.63, 3.8) is 0 Å². The quantitative estimate of drug-likeness (QED) is 0.684. The van der Waals surface area contributed by atoms with Crippen molar-refractivity contribution in [3.05, 3.63) is 47.3 Å². The Balaban J connectivity index is 1.82. The molecule has 1 aliphatic carbocycles. The molecule has 1 saturated carbocycles. The Labute approximate surface area is 191 Å². The Kier molecular flexibility index (Phi) is 5.99. The number of amides is 2. The molecule has 2 aliphatic rings. The zero-order chi connectivity index (χ0) is 23.9.